The van der Waals surface area contributed by atoms with Crippen LogP contribution in [0, 0.1) is 0 Å². The topological polar surface area (TPSA) is 109 Å². The lowest BCUT2D eigenvalue weighted by Gasteiger charge is -2.22. The molecule has 1 saturated heterocycles. The van der Waals surface area contributed by atoms with Gasteiger partial charge in [0.2, 0.25) is 5.91 Å². The molecule has 1 aliphatic rings. The Balaban J connectivity index is 1.40. The van der Waals surface area contributed by atoms with E-state index in [9.17, 15) is 14.4 Å². The first kappa shape index (κ1) is 20.3. The van der Waals surface area contributed by atoms with Crippen molar-refractivity contribution in [3.63, 3.8) is 0 Å². The molecule has 1 aliphatic heterocycles. The van der Waals surface area contributed by atoms with Crippen molar-refractivity contribution in [3.05, 3.63) is 78.4 Å². The minimum Gasteiger partial charge on any atom is -0.348 e. The molecule has 2 atom stereocenters. The second-order valence-electron chi connectivity index (χ2n) is 7.53. The zero-order chi connectivity index (χ0) is 22.0. The summed E-state index contributed by atoms with van der Waals surface area (Å²) in [6, 6.07) is 15.6. The molecule has 9 nitrogen and oxygen atoms in total. The third-order valence-electron chi connectivity index (χ3n) is 5.38. The van der Waals surface area contributed by atoms with Crippen molar-refractivity contribution in [2.75, 3.05) is 6.54 Å². The lowest BCUT2D eigenvalue weighted by molar-refractivity contribution is -0.135. The fourth-order valence-electron chi connectivity index (χ4n) is 3.58. The van der Waals surface area contributed by atoms with Gasteiger partial charge in [0, 0.05) is 0 Å². The molecule has 4 amide bonds. The van der Waals surface area contributed by atoms with Crippen LogP contribution in [0.2, 0.25) is 0 Å². The average molecular weight is 418 g/mol. The molecule has 0 radical (unpaired) electrons. The van der Waals surface area contributed by atoms with E-state index in [1.165, 1.54) is 6.33 Å². The number of aromatic nitrogens is 3. The van der Waals surface area contributed by atoms with Gasteiger partial charge in [-0.05, 0) is 37.1 Å². The number of hydrogen-bond donors (Lipinski definition) is 2. The molecule has 1 fully saturated rings. The van der Waals surface area contributed by atoms with Crippen LogP contribution >= 0.6 is 0 Å². The number of hydrogen-bond acceptors (Lipinski definition) is 5. The largest absolute Gasteiger partial charge is 0.348 e. The second kappa shape index (κ2) is 8.02. The summed E-state index contributed by atoms with van der Waals surface area (Å²) in [4.78, 5) is 42.8. The van der Waals surface area contributed by atoms with Gasteiger partial charge < -0.3 is 10.6 Å². The highest BCUT2D eigenvalue weighted by atomic mass is 16.2. The van der Waals surface area contributed by atoms with Crippen LogP contribution < -0.4 is 10.6 Å². The van der Waals surface area contributed by atoms with Gasteiger partial charge in [-0.15, -0.1) is 0 Å². The SMILES string of the molecule is CC(NC(=O)CN1C(=O)NC(C)(c2ccccc2)C1=O)c1ccc(-n2cncn2)cc1. The number of nitrogens with one attached hydrogen (secondary N) is 2. The minimum atomic E-state index is -1.19. The van der Waals surface area contributed by atoms with Crippen LogP contribution in [-0.4, -0.2) is 44.1 Å². The van der Waals surface area contributed by atoms with E-state index in [2.05, 4.69) is 20.7 Å². The van der Waals surface area contributed by atoms with Crippen LogP contribution in [0.1, 0.15) is 31.0 Å². The fraction of sp³-hybridized carbons (Fsp3) is 0.227. The van der Waals surface area contributed by atoms with Gasteiger partial charge in [0.15, 0.2) is 0 Å². The summed E-state index contributed by atoms with van der Waals surface area (Å²) < 4.78 is 1.63. The minimum absolute atomic E-state index is 0.307. The number of carbonyl (C=O) groups excluding carboxylic acids is 3. The van der Waals surface area contributed by atoms with E-state index in [1.54, 1.807) is 42.2 Å². The first-order valence-electron chi connectivity index (χ1n) is 9.82. The monoisotopic (exact) mass is 418 g/mol. The third-order valence-corrected chi connectivity index (χ3v) is 5.38. The molecule has 3 aromatic rings. The molecule has 2 unspecified atom stereocenters. The summed E-state index contributed by atoms with van der Waals surface area (Å²) in [6.45, 7) is 3.12. The maximum atomic E-state index is 12.9. The number of carbonyl (C=O) groups is 3. The van der Waals surface area contributed by atoms with Crippen molar-refractivity contribution in [1.82, 2.24) is 30.3 Å². The summed E-state index contributed by atoms with van der Waals surface area (Å²) in [6.07, 6.45) is 3.05. The Labute approximate surface area is 179 Å². The van der Waals surface area contributed by atoms with Crippen LogP contribution in [0.3, 0.4) is 0 Å². The van der Waals surface area contributed by atoms with E-state index in [0.29, 0.717) is 5.56 Å². The number of benzene rings is 2. The molecule has 4 rings (SSSR count). The summed E-state index contributed by atoms with van der Waals surface area (Å²) in [5, 5.41) is 9.61. The number of amides is 4. The maximum absolute atomic E-state index is 12.9. The van der Waals surface area contributed by atoms with Crippen LogP contribution in [0.4, 0.5) is 4.79 Å². The van der Waals surface area contributed by atoms with Gasteiger partial charge >= 0.3 is 6.03 Å². The summed E-state index contributed by atoms with van der Waals surface area (Å²) in [5.41, 5.74) is 1.20. The molecular weight excluding hydrogens is 396 g/mol. The number of imide groups is 1. The molecule has 0 spiro atoms. The van der Waals surface area contributed by atoms with Gasteiger partial charge in [-0.2, -0.15) is 5.10 Å². The van der Waals surface area contributed by atoms with Crippen molar-refractivity contribution in [1.29, 1.82) is 0 Å². The lowest BCUT2D eigenvalue weighted by Crippen LogP contribution is -2.43. The zero-order valence-corrected chi connectivity index (χ0v) is 17.1. The van der Waals surface area contributed by atoms with Crippen molar-refractivity contribution in [2.45, 2.75) is 25.4 Å². The molecular formula is C22H22N6O3. The van der Waals surface area contributed by atoms with Crippen molar-refractivity contribution in [2.24, 2.45) is 0 Å². The normalized spacial score (nSPS) is 19.2. The molecule has 0 bridgehead atoms. The standard InChI is InChI=1S/C22H22N6O3/c1-15(16-8-10-18(11-9-16)28-14-23-13-24-28)25-19(29)12-27-20(30)22(2,26-21(27)31)17-6-4-3-5-7-17/h3-11,13-15H,12H2,1-2H3,(H,25,29)(H,26,31). The third kappa shape index (κ3) is 3.89. The Morgan fingerprint density at radius 1 is 1.13 bits per heavy atom. The van der Waals surface area contributed by atoms with Gasteiger partial charge in [-0.3, -0.25) is 14.5 Å². The Kier molecular flexibility index (Phi) is 5.24. The summed E-state index contributed by atoms with van der Waals surface area (Å²) >= 11 is 0. The van der Waals surface area contributed by atoms with Gasteiger partial charge in [-0.1, -0.05) is 42.5 Å². The summed E-state index contributed by atoms with van der Waals surface area (Å²) in [5.74, 6) is -0.877. The number of nitrogens with zero attached hydrogens (tertiary/aromatic N) is 4. The van der Waals surface area contributed by atoms with Crippen LogP contribution in [0.5, 0.6) is 0 Å². The Hall–Kier alpha value is -4.01. The highest BCUT2D eigenvalue weighted by Gasteiger charge is 2.49. The van der Waals surface area contributed by atoms with Crippen LogP contribution in [0.15, 0.2) is 67.3 Å². The predicted molar refractivity (Wildman–Crippen MR) is 112 cm³/mol. The molecule has 2 N–H and O–H groups in total. The van der Waals surface area contributed by atoms with E-state index >= 15 is 0 Å². The van der Waals surface area contributed by atoms with E-state index in [0.717, 1.165) is 16.2 Å². The average Bonchev–Trinajstić information content (AvgIpc) is 3.38. The van der Waals surface area contributed by atoms with Crippen LogP contribution in [-0.2, 0) is 15.1 Å². The van der Waals surface area contributed by atoms with Crippen molar-refractivity contribution >= 4 is 17.8 Å². The van der Waals surface area contributed by atoms with E-state index in [-0.39, 0.29) is 12.6 Å². The molecule has 2 aromatic carbocycles. The smallest absolute Gasteiger partial charge is 0.325 e. The van der Waals surface area contributed by atoms with Crippen molar-refractivity contribution in [3.8, 4) is 5.69 Å². The maximum Gasteiger partial charge on any atom is 0.325 e. The van der Waals surface area contributed by atoms with Gasteiger partial charge in [0.25, 0.3) is 5.91 Å². The first-order valence-corrected chi connectivity index (χ1v) is 9.82. The van der Waals surface area contributed by atoms with E-state index in [4.69, 9.17) is 0 Å². The molecule has 2 heterocycles. The van der Waals surface area contributed by atoms with Crippen molar-refractivity contribution < 1.29 is 14.4 Å². The summed E-state index contributed by atoms with van der Waals surface area (Å²) in [7, 11) is 0. The molecule has 31 heavy (non-hydrogen) atoms. The zero-order valence-electron chi connectivity index (χ0n) is 17.1. The quantitative estimate of drug-likeness (QED) is 0.595. The highest BCUT2D eigenvalue weighted by Crippen LogP contribution is 2.28. The molecule has 158 valence electrons. The van der Waals surface area contributed by atoms with E-state index < -0.39 is 23.4 Å². The van der Waals surface area contributed by atoms with Gasteiger partial charge in [-0.25, -0.2) is 14.5 Å². The number of urea groups is 1. The first-order chi connectivity index (χ1) is 14.9. The molecule has 0 aliphatic carbocycles. The number of rotatable bonds is 6. The second-order valence-corrected chi connectivity index (χ2v) is 7.53. The Morgan fingerprint density at radius 3 is 2.48 bits per heavy atom. The highest BCUT2D eigenvalue weighted by molar-refractivity contribution is 6.09. The molecule has 1 aromatic heterocycles. The molecule has 0 saturated carbocycles. The fourth-order valence-corrected chi connectivity index (χ4v) is 3.58. The Morgan fingerprint density at radius 2 is 1.84 bits per heavy atom. The lowest BCUT2D eigenvalue weighted by atomic mass is 9.92. The van der Waals surface area contributed by atoms with Gasteiger partial charge in [0.1, 0.15) is 24.7 Å². The predicted octanol–water partition coefficient (Wildman–Crippen LogP) is 1.91. The van der Waals surface area contributed by atoms with Gasteiger partial charge in [0.05, 0.1) is 11.7 Å². The molecule has 9 heteroatoms. The van der Waals surface area contributed by atoms with E-state index in [1.807, 2.05) is 37.3 Å². The Bertz CT molecular complexity index is 1100. The van der Waals surface area contributed by atoms with Crippen LogP contribution in [0.25, 0.3) is 5.69 Å².